The number of carbonyl (C=O) groups is 1. The highest BCUT2D eigenvalue weighted by Crippen LogP contribution is 2.33. The fraction of sp³-hybridized carbons (Fsp3) is 0.360. The third-order valence-corrected chi connectivity index (χ3v) is 6.94. The Hall–Kier alpha value is -2.28. The molecule has 0 aliphatic carbocycles. The molecule has 0 atom stereocenters. The van der Waals surface area contributed by atoms with E-state index in [2.05, 4.69) is 4.98 Å². The summed E-state index contributed by atoms with van der Waals surface area (Å²) in [5.74, 6) is 0.954. The molecule has 0 fully saturated rings. The summed E-state index contributed by atoms with van der Waals surface area (Å²) in [7, 11) is 0. The Kier molecular flexibility index (Phi) is 8.27. The van der Waals surface area contributed by atoms with Gasteiger partial charge in [0.25, 0.3) is 0 Å². The third kappa shape index (κ3) is 6.40. The average Bonchev–Trinajstić information content (AvgIpc) is 3.12. The molecule has 8 heteroatoms. The molecular weight excluding hydrogens is 481 g/mol. The second-order valence-corrected chi connectivity index (χ2v) is 9.91. The topological polar surface area (TPSA) is 57.7 Å². The van der Waals surface area contributed by atoms with Crippen molar-refractivity contribution in [1.29, 1.82) is 0 Å². The molecule has 176 valence electrons. The predicted octanol–water partition coefficient (Wildman–Crippen LogP) is 7.08. The lowest BCUT2D eigenvalue weighted by molar-refractivity contribution is -0.158. The van der Waals surface area contributed by atoms with Gasteiger partial charge in [-0.3, -0.25) is 0 Å². The van der Waals surface area contributed by atoms with Gasteiger partial charge < -0.3 is 14.2 Å². The summed E-state index contributed by atoms with van der Waals surface area (Å²) >= 11 is 13.8. The van der Waals surface area contributed by atoms with Gasteiger partial charge in [-0.1, -0.05) is 29.3 Å². The maximum atomic E-state index is 12.1. The third-order valence-electron chi connectivity index (χ3n) is 4.94. The van der Waals surface area contributed by atoms with Crippen LogP contribution in [0.15, 0.2) is 36.4 Å². The average molecular weight is 508 g/mol. The van der Waals surface area contributed by atoms with Gasteiger partial charge in [0.15, 0.2) is 5.60 Å². The Morgan fingerprint density at radius 2 is 1.85 bits per heavy atom. The van der Waals surface area contributed by atoms with Crippen LogP contribution in [-0.2, 0) is 16.0 Å². The van der Waals surface area contributed by atoms with Crippen molar-refractivity contribution in [3.8, 4) is 22.1 Å². The molecule has 0 saturated carbocycles. The van der Waals surface area contributed by atoms with Crippen LogP contribution in [0.2, 0.25) is 10.0 Å². The van der Waals surface area contributed by atoms with E-state index in [0.717, 1.165) is 38.9 Å². The van der Waals surface area contributed by atoms with Gasteiger partial charge in [0, 0.05) is 16.9 Å². The molecule has 1 aromatic heterocycles. The number of benzene rings is 2. The zero-order valence-electron chi connectivity index (χ0n) is 19.3. The summed E-state index contributed by atoms with van der Waals surface area (Å²) in [6.07, 6.45) is 0.734. The van der Waals surface area contributed by atoms with E-state index >= 15 is 0 Å². The SMILES string of the molecule is CCOC(=O)C(C)(C)Oc1ccc(OCCc2sc(-c3ccc(Cl)c(Cl)c3)nc2C)cc1C. The van der Waals surface area contributed by atoms with Gasteiger partial charge in [-0.25, -0.2) is 9.78 Å². The lowest BCUT2D eigenvalue weighted by Gasteiger charge is -2.25. The molecule has 33 heavy (non-hydrogen) atoms. The largest absolute Gasteiger partial charge is 0.493 e. The molecule has 0 bridgehead atoms. The summed E-state index contributed by atoms with van der Waals surface area (Å²) in [4.78, 5) is 17.9. The molecule has 0 unspecified atom stereocenters. The highest BCUT2D eigenvalue weighted by atomic mass is 35.5. The second kappa shape index (κ2) is 10.8. The first-order valence-electron chi connectivity index (χ1n) is 10.6. The van der Waals surface area contributed by atoms with E-state index in [1.165, 1.54) is 0 Å². The fourth-order valence-electron chi connectivity index (χ4n) is 3.12. The molecule has 0 amide bonds. The van der Waals surface area contributed by atoms with Gasteiger partial charge in [0.2, 0.25) is 0 Å². The lowest BCUT2D eigenvalue weighted by atomic mass is 10.1. The predicted molar refractivity (Wildman–Crippen MR) is 134 cm³/mol. The van der Waals surface area contributed by atoms with Crippen LogP contribution < -0.4 is 9.47 Å². The zero-order chi connectivity index (χ0) is 24.2. The number of halogens is 2. The van der Waals surface area contributed by atoms with E-state index in [1.807, 2.05) is 44.2 Å². The maximum Gasteiger partial charge on any atom is 0.349 e. The van der Waals surface area contributed by atoms with Crippen molar-refractivity contribution < 1.29 is 19.0 Å². The number of esters is 1. The van der Waals surface area contributed by atoms with Crippen molar-refractivity contribution in [2.45, 2.75) is 46.6 Å². The van der Waals surface area contributed by atoms with Crippen molar-refractivity contribution in [1.82, 2.24) is 4.98 Å². The molecule has 0 saturated heterocycles. The first-order chi connectivity index (χ1) is 15.6. The minimum Gasteiger partial charge on any atom is -0.493 e. The molecule has 3 rings (SSSR count). The van der Waals surface area contributed by atoms with Gasteiger partial charge >= 0.3 is 5.97 Å². The smallest absolute Gasteiger partial charge is 0.349 e. The Balaban J connectivity index is 1.61. The van der Waals surface area contributed by atoms with E-state index in [4.69, 9.17) is 37.4 Å². The van der Waals surface area contributed by atoms with E-state index in [0.29, 0.717) is 29.0 Å². The fourth-order valence-corrected chi connectivity index (χ4v) is 4.46. The van der Waals surface area contributed by atoms with Crippen LogP contribution in [0.3, 0.4) is 0 Å². The molecule has 0 radical (unpaired) electrons. The van der Waals surface area contributed by atoms with Crippen LogP contribution in [0.1, 0.15) is 36.9 Å². The first-order valence-corrected chi connectivity index (χ1v) is 12.2. The van der Waals surface area contributed by atoms with Gasteiger partial charge in [-0.05, 0) is 70.5 Å². The standard InChI is InChI=1S/C25H27Cl2NO4S/c1-6-30-24(29)25(4,5)32-21-10-8-18(13-15(21)2)31-12-11-22-16(3)28-23(33-22)17-7-9-19(26)20(27)14-17/h7-10,13-14H,6,11-12H2,1-5H3. The molecule has 1 heterocycles. The number of aryl methyl sites for hydroxylation is 2. The highest BCUT2D eigenvalue weighted by Gasteiger charge is 2.32. The number of rotatable bonds is 9. The summed E-state index contributed by atoms with van der Waals surface area (Å²) in [5.41, 5.74) is 1.73. The van der Waals surface area contributed by atoms with Gasteiger partial charge in [0.05, 0.1) is 29.0 Å². The summed E-state index contributed by atoms with van der Waals surface area (Å²) in [5, 5.41) is 1.95. The number of nitrogens with zero attached hydrogens (tertiary/aromatic N) is 1. The summed E-state index contributed by atoms with van der Waals surface area (Å²) in [6, 6.07) is 11.1. The molecule has 0 aliphatic heterocycles. The maximum absolute atomic E-state index is 12.1. The van der Waals surface area contributed by atoms with Crippen molar-refractivity contribution in [3.05, 3.63) is 62.6 Å². The van der Waals surface area contributed by atoms with Crippen LogP contribution in [0.4, 0.5) is 0 Å². The normalized spacial score (nSPS) is 11.4. The number of thiazole rings is 1. The van der Waals surface area contributed by atoms with Crippen LogP contribution in [0.25, 0.3) is 10.6 Å². The molecule has 0 N–H and O–H groups in total. The minimum atomic E-state index is -1.07. The number of carbonyl (C=O) groups excluding carboxylic acids is 1. The van der Waals surface area contributed by atoms with Gasteiger partial charge in [0.1, 0.15) is 16.5 Å². The Labute approximate surface area is 208 Å². The van der Waals surface area contributed by atoms with Crippen LogP contribution >= 0.6 is 34.5 Å². The van der Waals surface area contributed by atoms with Crippen LogP contribution in [0.5, 0.6) is 11.5 Å². The van der Waals surface area contributed by atoms with Crippen molar-refractivity contribution in [3.63, 3.8) is 0 Å². The van der Waals surface area contributed by atoms with Crippen LogP contribution in [0, 0.1) is 13.8 Å². The molecule has 2 aromatic carbocycles. The van der Waals surface area contributed by atoms with E-state index < -0.39 is 11.6 Å². The number of hydrogen-bond donors (Lipinski definition) is 0. The summed E-state index contributed by atoms with van der Waals surface area (Å²) in [6.45, 7) is 9.89. The zero-order valence-corrected chi connectivity index (χ0v) is 21.7. The van der Waals surface area contributed by atoms with E-state index in [-0.39, 0.29) is 0 Å². The molecular formula is C25H27Cl2NO4S. The molecule has 5 nitrogen and oxygen atoms in total. The second-order valence-electron chi connectivity index (χ2n) is 8.02. The molecule has 0 spiro atoms. The monoisotopic (exact) mass is 507 g/mol. The van der Waals surface area contributed by atoms with Crippen molar-refractivity contribution >= 4 is 40.5 Å². The number of aromatic nitrogens is 1. The first kappa shape index (κ1) is 25.3. The number of ether oxygens (including phenoxy) is 3. The molecule has 0 aliphatic rings. The molecule has 3 aromatic rings. The highest BCUT2D eigenvalue weighted by molar-refractivity contribution is 7.15. The van der Waals surface area contributed by atoms with Crippen LogP contribution in [-0.4, -0.2) is 29.8 Å². The Bertz CT molecular complexity index is 1140. The van der Waals surface area contributed by atoms with E-state index in [9.17, 15) is 4.79 Å². The summed E-state index contributed by atoms with van der Waals surface area (Å²) < 4.78 is 16.9. The van der Waals surface area contributed by atoms with Gasteiger partial charge in [-0.15, -0.1) is 11.3 Å². The van der Waals surface area contributed by atoms with E-state index in [1.54, 1.807) is 38.2 Å². The van der Waals surface area contributed by atoms with Gasteiger partial charge in [-0.2, -0.15) is 0 Å². The Morgan fingerprint density at radius 1 is 1.09 bits per heavy atom. The minimum absolute atomic E-state index is 0.311. The van der Waals surface area contributed by atoms with Crippen molar-refractivity contribution in [2.24, 2.45) is 0 Å². The number of hydrogen-bond acceptors (Lipinski definition) is 6. The quantitative estimate of drug-likeness (QED) is 0.289. The Morgan fingerprint density at radius 3 is 2.52 bits per heavy atom. The van der Waals surface area contributed by atoms with Crippen molar-refractivity contribution in [2.75, 3.05) is 13.2 Å². The lowest BCUT2D eigenvalue weighted by Crippen LogP contribution is -2.39.